The normalized spacial score (nSPS) is 11.7. The van der Waals surface area contributed by atoms with E-state index < -0.39 is 0 Å². The first-order valence-electron chi connectivity index (χ1n) is 6.40. The molecule has 3 nitrogen and oxygen atoms in total. The van der Waals surface area contributed by atoms with Crippen molar-refractivity contribution >= 4 is 21.7 Å². The Hall–Kier alpha value is -0.610. The van der Waals surface area contributed by atoms with Gasteiger partial charge < -0.3 is 10.2 Å². The van der Waals surface area contributed by atoms with Crippen molar-refractivity contribution in [2.45, 2.75) is 34.2 Å². The van der Waals surface area contributed by atoms with Crippen molar-refractivity contribution in [3.8, 4) is 0 Å². The van der Waals surface area contributed by atoms with Crippen LogP contribution in [0.2, 0.25) is 0 Å². The van der Waals surface area contributed by atoms with Crippen LogP contribution in [-0.4, -0.2) is 25.1 Å². The van der Waals surface area contributed by atoms with Gasteiger partial charge in [0.05, 0.1) is 0 Å². The van der Waals surface area contributed by atoms with Crippen LogP contribution in [-0.2, 0) is 6.54 Å². The summed E-state index contributed by atoms with van der Waals surface area (Å²) in [7, 11) is 2.11. The van der Waals surface area contributed by atoms with E-state index in [0.717, 1.165) is 29.9 Å². The molecule has 0 aromatic carbocycles. The van der Waals surface area contributed by atoms with Crippen molar-refractivity contribution < 1.29 is 0 Å². The number of rotatable bonds is 5. The molecule has 0 saturated carbocycles. The second-order valence-electron chi connectivity index (χ2n) is 5.83. The fraction of sp³-hybridized carbons (Fsp3) is 0.643. The average molecular weight is 314 g/mol. The van der Waals surface area contributed by atoms with E-state index in [1.807, 2.05) is 6.20 Å². The van der Waals surface area contributed by atoms with Gasteiger partial charge in [-0.1, -0.05) is 27.7 Å². The number of hydrogen-bond acceptors (Lipinski definition) is 3. The van der Waals surface area contributed by atoms with E-state index in [1.54, 1.807) is 0 Å². The highest BCUT2D eigenvalue weighted by Crippen LogP contribution is 2.24. The fourth-order valence-electron chi connectivity index (χ4n) is 1.99. The molecular formula is C14H24BrN3. The summed E-state index contributed by atoms with van der Waals surface area (Å²) in [5, 5.41) is 3.36. The third-order valence-corrected chi connectivity index (χ3v) is 2.98. The predicted octanol–water partition coefficient (Wildman–Crippen LogP) is 3.44. The summed E-state index contributed by atoms with van der Waals surface area (Å²) >= 11 is 3.49. The minimum Gasteiger partial charge on any atom is -0.359 e. The topological polar surface area (TPSA) is 28.2 Å². The highest BCUT2D eigenvalue weighted by molar-refractivity contribution is 9.10. The SMILES string of the molecule is CCNCc1cc(Br)cnc1N(C)CC(C)(C)C. The van der Waals surface area contributed by atoms with Gasteiger partial charge in [-0.25, -0.2) is 4.98 Å². The standard InChI is InChI=1S/C14H24BrN3/c1-6-16-8-11-7-12(15)9-17-13(11)18(5)10-14(2,3)4/h7,9,16H,6,8,10H2,1-5H3. The second-order valence-corrected chi connectivity index (χ2v) is 6.75. The Bertz CT molecular complexity index is 385. The van der Waals surface area contributed by atoms with Crippen LogP contribution in [0.25, 0.3) is 0 Å². The average Bonchev–Trinajstić information content (AvgIpc) is 2.23. The quantitative estimate of drug-likeness (QED) is 0.902. The number of halogens is 1. The third-order valence-electron chi connectivity index (χ3n) is 2.55. The van der Waals surface area contributed by atoms with Crippen molar-refractivity contribution in [2.75, 3.05) is 25.0 Å². The first-order valence-corrected chi connectivity index (χ1v) is 7.19. The van der Waals surface area contributed by atoms with Gasteiger partial charge in [0, 0.05) is 36.4 Å². The van der Waals surface area contributed by atoms with E-state index in [2.05, 4.69) is 71.9 Å². The van der Waals surface area contributed by atoms with Gasteiger partial charge in [-0.05, 0) is 34.0 Å². The van der Waals surface area contributed by atoms with Gasteiger partial charge in [-0.3, -0.25) is 0 Å². The van der Waals surface area contributed by atoms with E-state index >= 15 is 0 Å². The molecule has 1 N–H and O–H groups in total. The summed E-state index contributed by atoms with van der Waals surface area (Å²) in [5.41, 5.74) is 1.50. The number of pyridine rings is 1. The fourth-order valence-corrected chi connectivity index (χ4v) is 2.37. The Morgan fingerprint density at radius 1 is 1.39 bits per heavy atom. The van der Waals surface area contributed by atoms with Crippen molar-refractivity contribution in [1.82, 2.24) is 10.3 Å². The van der Waals surface area contributed by atoms with Gasteiger partial charge in [-0.2, -0.15) is 0 Å². The Morgan fingerprint density at radius 2 is 2.06 bits per heavy atom. The molecule has 0 radical (unpaired) electrons. The lowest BCUT2D eigenvalue weighted by molar-refractivity contribution is 0.417. The summed E-state index contributed by atoms with van der Waals surface area (Å²) < 4.78 is 1.03. The first-order chi connectivity index (χ1) is 8.33. The van der Waals surface area contributed by atoms with Crippen molar-refractivity contribution in [3.05, 3.63) is 22.3 Å². The first kappa shape index (κ1) is 15.4. The van der Waals surface area contributed by atoms with Gasteiger partial charge in [0.2, 0.25) is 0 Å². The van der Waals surface area contributed by atoms with Crippen molar-refractivity contribution in [2.24, 2.45) is 5.41 Å². The Kier molecular flexibility index (Phi) is 5.60. The van der Waals surface area contributed by atoms with Gasteiger partial charge in [0.25, 0.3) is 0 Å². The zero-order chi connectivity index (χ0) is 13.8. The molecule has 0 amide bonds. The van der Waals surface area contributed by atoms with Crippen LogP contribution in [0.1, 0.15) is 33.3 Å². The maximum Gasteiger partial charge on any atom is 0.132 e. The molecule has 0 bridgehead atoms. The van der Waals surface area contributed by atoms with Crippen LogP contribution in [0.4, 0.5) is 5.82 Å². The molecule has 0 spiro atoms. The maximum absolute atomic E-state index is 4.55. The summed E-state index contributed by atoms with van der Waals surface area (Å²) in [5.74, 6) is 1.06. The summed E-state index contributed by atoms with van der Waals surface area (Å²) in [4.78, 5) is 6.79. The molecule has 1 aromatic rings. The van der Waals surface area contributed by atoms with E-state index in [0.29, 0.717) is 0 Å². The van der Waals surface area contributed by atoms with Crippen LogP contribution in [0.3, 0.4) is 0 Å². The zero-order valence-corrected chi connectivity index (χ0v) is 13.6. The zero-order valence-electron chi connectivity index (χ0n) is 12.0. The molecule has 0 aliphatic rings. The summed E-state index contributed by atoms with van der Waals surface area (Å²) in [6, 6.07) is 2.14. The van der Waals surface area contributed by atoms with Gasteiger partial charge >= 0.3 is 0 Å². The molecule has 0 fully saturated rings. The maximum atomic E-state index is 4.55. The largest absolute Gasteiger partial charge is 0.359 e. The van der Waals surface area contributed by atoms with Crippen LogP contribution in [0.5, 0.6) is 0 Å². The Balaban J connectivity index is 2.92. The minimum absolute atomic E-state index is 0.263. The van der Waals surface area contributed by atoms with Crippen LogP contribution >= 0.6 is 15.9 Å². The molecule has 0 aliphatic carbocycles. The van der Waals surface area contributed by atoms with Gasteiger partial charge in [0.15, 0.2) is 0 Å². The van der Waals surface area contributed by atoms with E-state index in [4.69, 9.17) is 0 Å². The molecule has 1 aromatic heterocycles. The smallest absolute Gasteiger partial charge is 0.132 e. The number of nitrogens with one attached hydrogen (secondary N) is 1. The number of hydrogen-bond donors (Lipinski definition) is 1. The van der Waals surface area contributed by atoms with Crippen molar-refractivity contribution in [1.29, 1.82) is 0 Å². The van der Waals surface area contributed by atoms with E-state index in [9.17, 15) is 0 Å². The van der Waals surface area contributed by atoms with Crippen LogP contribution < -0.4 is 10.2 Å². The monoisotopic (exact) mass is 313 g/mol. The van der Waals surface area contributed by atoms with Crippen LogP contribution in [0.15, 0.2) is 16.7 Å². The number of aromatic nitrogens is 1. The molecule has 4 heteroatoms. The lowest BCUT2D eigenvalue weighted by Crippen LogP contribution is -2.31. The molecule has 18 heavy (non-hydrogen) atoms. The van der Waals surface area contributed by atoms with Gasteiger partial charge in [-0.15, -0.1) is 0 Å². The number of anilines is 1. The van der Waals surface area contributed by atoms with Gasteiger partial charge in [0.1, 0.15) is 5.82 Å². The molecule has 0 saturated heterocycles. The lowest BCUT2D eigenvalue weighted by atomic mass is 9.96. The molecule has 0 atom stereocenters. The number of nitrogens with zero attached hydrogens (tertiary/aromatic N) is 2. The van der Waals surface area contributed by atoms with Crippen LogP contribution in [0, 0.1) is 5.41 Å². The third kappa shape index (κ3) is 4.94. The second kappa shape index (κ2) is 6.53. The molecule has 1 rings (SSSR count). The summed E-state index contributed by atoms with van der Waals surface area (Å²) in [6.45, 7) is 11.7. The molecular weight excluding hydrogens is 290 g/mol. The molecule has 102 valence electrons. The lowest BCUT2D eigenvalue weighted by Gasteiger charge is -2.29. The Morgan fingerprint density at radius 3 is 2.61 bits per heavy atom. The Labute approximate surface area is 119 Å². The highest BCUT2D eigenvalue weighted by Gasteiger charge is 2.17. The van der Waals surface area contributed by atoms with E-state index in [-0.39, 0.29) is 5.41 Å². The summed E-state index contributed by atoms with van der Waals surface area (Å²) in [6.07, 6.45) is 1.87. The molecule has 1 heterocycles. The van der Waals surface area contributed by atoms with E-state index in [1.165, 1.54) is 5.56 Å². The predicted molar refractivity (Wildman–Crippen MR) is 82.0 cm³/mol. The van der Waals surface area contributed by atoms with Crippen molar-refractivity contribution in [3.63, 3.8) is 0 Å². The highest BCUT2D eigenvalue weighted by atomic mass is 79.9. The minimum atomic E-state index is 0.263. The molecule has 0 unspecified atom stereocenters. The molecule has 0 aliphatic heterocycles.